The van der Waals surface area contributed by atoms with Crippen molar-refractivity contribution in [2.45, 2.75) is 31.4 Å². The molecule has 2 aromatic carbocycles. The summed E-state index contributed by atoms with van der Waals surface area (Å²) in [5.41, 5.74) is 9.03. The smallest absolute Gasteiger partial charge is 0.237 e. The molecule has 0 spiro atoms. The topological polar surface area (TPSA) is 93.0 Å². The van der Waals surface area contributed by atoms with Gasteiger partial charge in [0.05, 0.1) is 18.1 Å². The van der Waals surface area contributed by atoms with Gasteiger partial charge in [0.15, 0.2) is 0 Å². The van der Waals surface area contributed by atoms with Crippen LogP contribution in [0.3, 0.4) is 0 Å². The number of benzene rings is 2. The van der Waals surface area contributed by atoms with Crippen LogP contribution < -0.4 is 15.8 Å². The lowest BCUT2D eigenvalue weighted by Gasteiger charge is -2.18. The molecule has 4 N–H and O–H groups in total. The Morgan fingerprint density at radius 1 is 1.27 bits per heavy atom. The second-order valence-electron chi connectivity index (χ2n) is 6.76. The van der Waals surface area contributed by atoms with E-state index in [1.807, 2.05) is 42.5 Å². The number of carbonyl (C=O) groups is 1. The lowest BCUT2D eigenvalue weighted by atomic mass is 9.97. The number of fused-ring (bicyclic) bond motifs is 2. The number of rotatable bonds is 5. The zero-order valence-corrected chi connectivity index (χ0v) is 14.6. The molecule has 3 atom stereocenters. The van der Waals surface area contributed by atoms with E-state index in [1.165, 1.54) is 5.56 Å². The molecule has 134 valence electrons. The van der Waals surface area contributed by atoms with Crippen molar-refractivity contribution in [3.8, 4) is 5.75 Å². The molecule has 0 radical (unpaired) electrons. The van der Waals surface area contributed by atoms with Gasteiger partial charge in [0, 0.05) is 29.0 Å². The Kier molecular flexibility index (Phi) is 4.34. The molecule has 2 heterocycles. The average molecular weight is 350 g/mol. The summed E-state index contributed by atoms with van der Waals surface area (Å²) in [4.78, 5) is 12.4. The summed E-state index contributed by atoms with van der Waals surface area (Å²) in [7, 11) is 0. The van der Waals surface area contributed by atoms with Gasteiger partial charge in [0.1, 0.15) is 11.9 Å². The highest BCUT2D eigenvalue weighted by atomic mass is 16.5. The highest BCUT2D eigenvalue weighted by Crippen LogP contribution is 2.37. The number of para-hydroxylation sites is 2. The van der Waals surface area contributed by atoms with Crippen molar-refractivity contribution in [2.75, 3.05) is 6.54 Å². The van der Waals surface area contributed by atoms with Gasteiger partial charge in [-0.1, -0.05) is 43.3 Å². The number of aromatic amines is 1. The number of nitrogens with zero attached hydrogens (tertiary/aromatic N) is 1. The lowest BCUT2D eigenvalue weighted by molar-refractivity contribution is -0.122. The maximum absolute atomic E-state index is 12.4. The molecule has 1 unspecified atom stereocenters. The van der Waals surface area contributed by atoms with E-state index < -0.39 is 6.04 Å². The maximum Gasteiger partial charge on any atom is 0.237 e. The molecule has 0 saturated heterocycles. The van der Waals surface area contributed by atoms with Crippen LogP contribution in [0, 0.1) is 0 Å². The Balaban J connectivity index is 1.35. The first-order valence-electron chi connectivity index (χ1n) is 8.84. The van der Waals surface area contributed by atoms with Gasteiger partial charge < -0.3 is 15.8 Å². The molecule has 0 saturated carbocycles. The molecule has 1 amide bonds. The third-order valence-electron chi connectivity index (χ3n) is 5.02. The van der Waals surface area contributed by atoms with Crippen molar-refractivity contribution in [3.05, 3.63) is 59.8 Å². The fourth-order valence-electron chi connectivity index (χ4n) is 3.46. The van der Waals surface area contributed by atoms with Gasteiger partial charge in [-0.15, -0.1) is 0 Å². The molecule has 0 aliphatic carbocycles. The zero-order valence-electron chi connectivity index (χ0n) is 14.6. The second kappa shape index (κ2) is 6.80. The molecule has 26 heavy (non-hydrogen) atoms. The van der Waals surface area contributed by atoms with Crippen LogP contribution in [0.15, 0.2) is 48.5 Å². The number of H-pyrrole nitrogens is 1. The van der Waals surface area contributed by atoms with E-state index >= 15 is 0 Å². The van der Waals surface area contributed by atoms with Crippen LogP contribution in [0.2, 0.25) is 0 Å². The molecular formula is C20H22N4O2. The Morgan fingerprint density at radius 3 is 2.88 bits per heavy atom. The third kappa shape index (κ3) is 3.04. The molecule has 1 aliphatic heterocycles. The van der Waals surface area contributed by atoms with E-state index in [2.05, 4.69) is 28.5 Å². The summed E-state index contributed by atoms with van der Waals surface area (Å²) in [5, 5.41) is 11.1. The largest absolute Gasteiger partial charge is 0.488 e. The van der Waals surface area contributed by atoms with Gasteiger partial charge >= 0.3 is 0 Å². The third-order valence-corrected chi connectivity index (χ3v) is 5.02. The molecule has 3 aromatic rings. The molecule has 1 aromatic heterocycles. The molecule has 6 heteroatoms. The maximum atomic E-state index is 12.4. The van der Waals surface area contributed by atoms with Crippen LogP contribution in [-0.2, 0) is 11.2 Å². The van der Waals surface area contributed by atoms with Gasteiger partial charge in [0.2, 0.25) is 5.91 Å². The van der Waals surface area contributed by atoms with Gasteiger partial charge in [-0.2, -0.15) is 5.10 Å². The number of aromatic nitrogens is 2. The minimum Gasteiger partial charge on any atom is -0.488 e. The van der Waals surface area contributed by atoms with Crippen LogP contribution >= 0.6 is 0 Å². The number of ether oxygens (including phenoxy) is 1. The Labute approximate surface area is 151 Å². The number of amides is 1. The average Bonchev–Trinajstić information content (AvgIpc) is 3.21. The highest BCUT2D eigenvalue weighted by Gasteiger charge is 2.31. The van der Waals surface area contributed by atoms with Crippen molar-refractivity contribution in [2.24, 2.45) is 5.73 Å². The van der Waals surface area contributed by atoms with Crippen molar-refractivity contribution in [1.82, 2.24) is 15.5 Å². The first-order chi connectivity index (χ1) is 12.6. The minimum absolute atomic E-state index is 0.0727. The first-order valence-corrected chi connectivity index (χ1v) is 8.84. The van der Waals surface area contributed by atoms with Gasteiger partial charge in [-0.25, -0.2) is 0 Å². The molecule has 0 fully saturated rings. The van der Waals surface area contributed by atoms with Crippen LogP contribution in [0.5, 0.6) is 5.75 Å². The SMILES string of the molecule is C[C@H]1c2ccccc2O[C@H]1CNC(=O)C(N)Cc1[nH]nc2ccccc12. The number of nitrogens with two attached hydrogens (primary N) is 1. The van der Waals surface area contributed by atoms with E-state index in [1.54, 1.807) is 0 Å². The zero-order chi connectivity index (χ0) is 18.1. The number of hydrogen-bond acceptors (Lipinski definition) is 4. The summed E-state index contributed by atoms with van der Waals surface area (Å²) >= 11 is 0. The van der Waals surface area contributed by atoms with Crippen LogP contribution in [-0.4, -0.2) is 34.8 Å². The Morgan fingerprint density at radius 2 is 2.04 bits per heavy atom. The Hall–Kier alpha value is -2.86. The number of nitrogens with one attached hydrogen (secondary N) is 2. The quantitative estimate of drug-likeness (QED) is 0.657. The van der Waals surface area contributed by atoms with Crippen LogP contribution in [0.1, 0.15) is 24.1 Å². The number of hydrogen-bond donors (Lipinski definition) is 3. The van der Waals surface area contributed by atoms with Crippen LogP contribution in [0.25, 0.3) is 10.9 Å². The van der Waals surface area contributed by atoms with Gasteiger partial charge in [0.25, 0.3) is 0 Å². The monoisotopic (exact) mass is 350 g/mol. The predicted molar refractivity (Wildman–Crippen MR) is 100 cm³/mol. The number of carbonyl (C=O) groups excluding carboxylic acids is 1. The first kappa shape index (κ1) is 16.6. The van der Waals surface area contributed by atoms with E-state index in [0.29, 0.717) is 13.0 Å². The van der Waals surface area contributed by atoms with Crippen LogP contribution in [0.4, 0.5) is 0 Å². The molecular weight excluding hydrogens is 328 g/mol. The minimum atomic E-state index is -0.641. The summed E-state index contributed by atoms with van der Waals surface area (Å²) < 4.78 is 5.94. The van der Waals surface area contributed by atoms with E-state index in [-0.39, 0.29) is 17.9 Å². The van der Waals surface area contributed by atoms with Gasteiger partial charge in [-0.3, -0.25) is 9.89 Å². The van der Waals surface area contributed by atoms with Crippen molar-refractivity contribution >= 4 is 16.8 Å². The summed E-state index contributed by atoms with van der Waals surface area (Å²) in [6.45, 7) is 2.55. The second-order valence-corrected chi connectivity index (χ2v) is 6.76. The van der Waals surface area contributed by atoms with E-state index in [9.17, 15) is 4.79 Å². The van der Waals surface area contributed by atoms with E-state index in [4.69, 9.17) is 10.5 Å². The fourth-order valence-corrected chi connectivity index (χ4v) is 3.46. The van der Waals surface area contributed by atoms with Gasteiger partial charge in [-0.05, 0) is 12.1 Å². The molecule has 1 aliphatic rings. The Bertz CT molecular complexity index is 936. The lowest BCUT2D eigenvalue weighted by Crippen LogP contribution is -2.45. The van der Waals surface area contributed by atoms with E-state index in [0.717, 1.165) is 22.3 Å². The summed E-state index contributed by atoms with van der Waals surface area (Å²) in [6.07, 6.45) is 0.338. The summed E-state index contributed by atoms with van der Waals surface area (Å²) in [6, 6.07) is 15.1. The predicted octanol–water partition coefficient (Wildman–Crippen LogP) is 2.11. The molecule has 6 nitrogen and oxygen atoms in total. The van der Waals surface area contributed by atoms with Crippen molar-refractivity contribution in [1.29, 1.82) is 0 Å². The normalized spacial score (nSPS) is 19.8. The fraction of sp³-hybridized carbons (Fsp3) is 0.300. The highest BCUT2D eigenvalue weighted by molar-refractivity contribution is 5.84. The van der Waals surface area contributed by atoms with Crippen molar-refractivity contribution < 1.29 is 9.53 Å². The summed E-state index contributed by atoms with van der Waals surface area (Å²) in [5.74, 6) is 0.946. The standard InChI is InChI=1S/C20H22N4O2/c1-12-13-6-3-5-9-18(13)26-19(12)11-22-20(25)15(21)10-17-14-7-2-4-8-16(14)23-24-17/h2-9,12,15,19H,10-11,21H2,1H3,(H,22,25)(H,23,24)/t12-,15?,19-/m0/s1. The molecule has 4 rings (SSSR count). The van der Waals surface area contributed by atoms with Crippen molar-refractivity contribution in [3.63, 3.8) is 0 Å². The molecule has 0 bridgehead atoms.